The second kappa shape index (κ2) is 6.25. The minimum Gasteiger partial charge on any atom is -0.454 e. The number of hydrogen-bond acceptors (Lipinski definition) is 4. The van der Waals surface area contributed by atoms with Gasteiger partial charge in [-0.15, -0.1) is 6.58 Å². The molecular weight excluding hydrogens is 382 g/mol. The fraction of sp³-hybridized carbons (Fsp3) is 0.125. The van der Waals surface area contributed by atoms with Gasteiger partial charge in [0.1, 0.15) is 0 Å². The van der Waals surface area contributed by atoms with E-state index in [9.17, 15) is 8.42 Å². The molecule has 0 N–H and O–H groups in total. The van der Waals surface area contributed by atoms with Gasteiger partial charge in [-0.05, 0) is 36.4 Å². The van der Waals surface area contributed by atoms with E-state index in [1.54, 1.807) is 48.5 Å². The van der Waals surface area contributed by atoms with Crippen LogP contribution in [0.4, 0.5) is 5.69 Å². The maximum Gasteiger partial charge on any atom is 0.264 e. The van der Waals surface area contributed by atoms with Crippen molar-refractivity contribution >= 4 is 31.6 Å². The topological polar surface area (TPSA) is 55.8 Å². The Morgan fingerprint density at radius 3 is 2.52 bits per heavy atom. The van der Waals surface area contributed by atoms with Crippen LogP contribution in [0.2, 0.25) is 0 Å². The van der Waals surface area contributed by atoms with Crippen molar-refractivity contribution in [1.29, 1.82) is 0 Å². The van der Waals surface area contributed by atoms with Crippen molar-refractivity contribution in [2.45, 2.75) is 4.90 Å². The zero-order chi connectivity index (χ0) is 16.4. The Bertz CT molecular complexity index is 834. The summed E-state index contributed by atoms with van der Waals surface area (Å²) < 4.78 is 38.5. The molecule has 23 heavy (non-hydrogen) atoms. The van der Waals surface area contributed by atoms with Crippen molar-refractivity contribution in [1.82, 2.24) is 0 Å². The van der Waals surface area contributed by atoms with Gasteiger partial charge >= 0.3 is 0 Å². The molecule has 0 spiro atoms. The highest BCUT2D eigenvalue weighted by Crippen LogP contribution is 2.37. The standard InChI is InChI=1S/C16H14BrNO4S/c1-2-9-18(13-5-8-15-16(10-13)22-11-21-15)23(19,20)14-6-3-12(17)4-7-14/h2-8,10H,1,9,11H2. The maximum absolute atomic E-state index is 12.9. The molecule has 0 aromatic heterocycles. The van der Waals surface area contributed by atoms with Crippen molar-refractivity contribution < 1.29 is 17.9 Å². The van der Waals surface area contributed by atoms with Crippen LogP contribution in [-0.2, 0) is 10.0 Å². The Balaban J connectivity index is 2.04. The third-order valence-electron chi connectivity index (χ3n) is 3.34. The molecule has 0 bridgehead atoms. The number of fused-ring (bicyclic) bond motifs is 1. The largest absolute Gasteiger partial charge is 0.454 e. The summed E-state index contributed by atoms with van der Waals surface area (Å²) in [6.45, 7) is 3.94. The Morgan fingerprint density at radius 2 is 1.83 bits per heavy atom. The minimum atomic E-state index is -3.71. The second-order valence-electron chi connectivity index (χ2n) is 4.82. The molecule has 0 saturated heterocycles. The van der Waals surface area contributed by atoms with Crippen molar-refractivity contribution in [3.05, 3.63) is 59.6 Å². The number of rotatable bonds is 5. The van der Waals surface area contributed by atoms with Crippen LogP contribution in [0.3, 0.4) is 0 Å². The van der Waals surface area contributed by atoms with Gasteiger partial charge in [-0.25, -0.2) is 8.42 Å². The first-order valence-corrected chi connectivity index (χ1v) is 9.04. The molecule has 0 aliphatic carbocycles. The summed E-state index contributed by atoms with van der Waals surface area (Å²) in [5, 5.41) is 0. The van der Waals surface area contributed by atoms with Crippen LogP contribution < -0.4 is 13.8 Å². The lowest BCUT2D eigenvalue weighted by atomic mass is 10.3. The predicted molar refractivity (Wildman–Crippen MR) is 91.4 cm³/mol. The summed E-state index contributed by atoms with van der Waals surface area (Å²) in [5.41, 5.74) is 0.497. The number of halogens is 1. The highest BCUT2D eigenvalue weighted by Gasteiger charge is 2.25. The number of sulfonamides is 1. The van der Waals surface area contributed by atoms with Gasteiger partial charge in [0.05, 0.1) is 17.1 Å². The molecule has 120 valence electrons. The van der Waals surface area contributed by atoms with Gasteiger partial charge in [0.15, 0.2) is 11.5 Å². The van der Waals surface area contributed by atoms with Gasteiger partial charge in [0.2, 0.25) is 6.79 Å². The van der Waals surface area contributed by atoms with E-state index < -0.39 is 10.0 Å². The van der Waals surface area contributed by atoms with Crippen LogP contribution >= 0.6 is 15.9 Å². The molecule has 7 heteroatoms. The van der Waals surface area contributed by atoms with Gasteiger partial charge in [0, 0.05) is 10.5 Å². The highest BCUT2D eigenvalue weighted by molar-refractivity contribution is 9.10. The number of ether oxygens (including phenoxy) is 2. The molecule has 5 nitrogen and oxygen atoms in total. The van der Waals surface area contributed by atoms with Crippen molar-refractivity contribution in [3.8, 4) is 11.5 Å². The summed E-state index contributed by atoms with van der Waals surface area (Å²) in [4.78, 5) is 0.209. The highest BCUT2D eigenvalue weighted by atomic mass is 79.9. The molecule has 1 aliphatic rings. The summed E-state index contributed by atoms with van der Waals surface area (Å²) in [6, 6.07) is 11.5. The van der Waals surface area contributed by atoms with E-state index in [-0.39, 0.29) is 18.2 Å². The smallest absolute Gasteiger partial charge is 0.264 e. The summed E-state index contributed by atoms with van der Waals surface area (Å²) in [6.07, 6.45) is 1.54. The zero-order valence-corrected chi connectivity index (χ0v) is 14.5. The van der Waals surface area contributed by atoms with Crippen LogP contribution in [0.25, 0.3) is 0 Å². The van der Waals surface area contributed by atoms with E-state index in [0.29, 0.717) is 17.2 Å². The number of hydrogen-bond donors (Lipinski definition) is 0. The predicted octanol–water partition coefficient (Wildman–Crippen LogP) is 3.56. The normalized spacial score (nSPS) is 12.9. The monoisotopic (exact) mass is 395 g/mol. The summed E-state index contributed by atoms with van der Waals surface area (Å²) in [7, 11) is -3.71. The third-order valence-corrected chi connectivity index (χ3v) is 5.68. The van der Waals surface area contributed by atoms with Gasteiger partial charge in [-0.2, -0.15) is 0 Å². The molecule has 1 aliphatic heterocycles. The lowest BCUT2D eigenvalue weighted by Crippen LogP contribution is -2.31. The van der Waals surface area contributed by atoms with E-state index in [0.717, 1.165) is 4.47 Å². The van der Waals surface area contributed by atoms with Crippen LogP contribution in [0, 0.1) is 0 Å². The van der Waals surface area contributed by atoms with E-state index in [4.69, 9.17) is 9.47 Å². The Morgan fingerprint density at radius 1 is 1.13 bits per heavy atom. The number of benzene rings is 2. The molecule has 0 saturated carbocycles. The van der Waals surface area contributed by atoms with E-state index in [1.165, 1.54) is 4.31 Å². The quantitative estimate of drug-likeness (QED) is 0.726. The number of nitrogens with zero attached hydrogens (tertiary/aromatic N) is 1. The minimum absolute atomic E-state index is 0.139. The summed E-state index contributed by atoms with van der Waals surface area (Å²) in [5.74, 6) is 1.14. The lowest BCUT2D eigenvalue weighted by Gasteiger charge is -2.23. The molecule has 0 atom stereocenters. The molecule has 0 fully saturated rings. The van der Waals surface area contributed by atoms with Crippen molar-refractivity contribution in [2.24, 2.45) is 0 Å². The first-order valence-electron chi connectivity index (χ1n) is 6.81. The van der Waals surface area contributed by atoms with Crippen LogP contribution in [0.5, 0.6) is 11.5 Å². The first kappa shape index (κ1) is 15.9. The van der Waals surface area contributed by atoms with E-state index in [2.05, 4.69) is 22.5 Å². The Hall–Kier alpha value is -1.99. The van der Waals surface area contributed by atoms with Gasteiger partial charge < -0.3 is 9.47 Å². The van der Waals surface area contributed by atoms with E-state index in [1.807, 2.05) is 0 Å². The van der Waals surface area contributed by atoms with Gasteiger partial charge in [0.25, 0.3) is 10.0 Å². The SMILES string of the molecule is C=CCN(c1ccc2c(c1)OCO2)S(=O)(=O)c1ccc(Br)cc1. The molecular formula is C16H14BrNO4S. The molecule has 3 rings (SSSR count). The van der Waals surface area contributed by atoms with Crippen LogP contribution in [0.15, 0.2) is 64.5 Å². The molecule has 0 amide bonds. The van der Waals surface area contributed by atoms with Crippen LogP contribution in [-0.4, -0.2) is 21.8 Å². The summed E-state index contributed by atoms with van der Waals surface area (Å²) >= 11 is 3.30. The Labute approximate surface area is 143 Å². The van der Waals surface area contributed by atoms with Crippen molar-refractivity contribution in [3.63, 3.8) is 0 Å². The van der Waals surface area contributed by atoms with Crippen LogP contribution in [0.1, 0.15) is 0 Å². The van der Waals surface area contributed by atoms with Gasteiger partial charge in [-0.3, -0.25) is 4.31 Å². The maximum atomic E-state index is 12.9. The molecule has 0 radical (unpaired) electrons. The zero-order valence-electron chi connectivity index (χ0n) is 12.1. The number of anilines is 1. The second-order valence-corrected chi connectivity index (χ2v) is 7.59. The lowest BCUT2D eigenvalue weighted by molar-refractivity contribution is 0.174. The first-order chi connectivity index (χ1) is 11.0. The van der Waals surface area contributed by atoms with E-state index >= 15 is 0 Å². The Kier molecular flexibility index (Phi) is 4.32. The third kappa shape index (κ3) is 3.07. The molecule has 0 unspecified atom stereocenters. The molecule has 2 aromatic rings. The molecule has 2 aromatic carbocycles. The van der Waals surface area contributed by atoms with Crippen molar-refractivity contribution in [2.75, 3.05) is 17.6 Å². The fourth-order valence-corrected chi connectivity index (χ4v) is 3.93. The van der Waals surface area contributed by atoms with Gasteiger partial charge in [-0.1, -0.05) is 22.0 Å². The average Bonchev–Trinajstić information content (AvgIpc) is 3.00. The fourth-order valence-electron chi connectivity index (χ4n) is 2.23. The average molecular weight is 396 g/mol. The molecule has 1 heterocycles.